The van der Waals surface area contributed by atoms with Gasteiger partial charge in [0, 0.05) is 22.8 Å². The van der Waals surface area contributed by atoms with Crippen LogP contribution in [0.2, 0.25) is 5.02 Å². The second-order valence-corrected chi connectivity index (χ2v) is 5.51. The van der Waals surface area contributed by atoms with Gasteiger partial charge in [0.05, 0.1) is 0 Å². The van der Waals surface area contributed by atoms with Crippen molar-refractivity contribution in [2.24, 2.45) is 0 Å². The van der Waals surface area contributed by atoms with Crippen molar-refractivity contribution in [3.8, 4) is 11.1 Å². The third-order valence-electron chi connectivity index (χ3n) is 3.82. The van der Waals surface area contributed by atoms with Crippen LogP contribution in [0.15, 0.2) is 73.1 Å². The summed E-state index contributed by atoms with van der Waals surface area (Å²) in [6.45, 7) is 0. The van der Waals surface area contributed by atoms with Crippen LogP contribution in [0.25, 0.3) is 32.7 Å². The Kier molecular flexibility index (Phi) is 4.51. The first-order valence-electron chi connectivity index (χ1n) is 6.84. The summed E-state index contributed by atoms with van der Waals surface area (Å²) in [5.41, 5.74) is 2.38. The second-order valence-electron chi connectivity index (χ2n) is 5.07. The summed E-state index contributed by atoms with van der Waals surface area (Å²) in [7, 11) is 0. The minimum absolute atomic E-state index is 0. The van der Waals surface area contributed by atoms with Crippen molar-refractivity contribution in [1.29, 1.82) is 0 Å². The quantitative estimate of drug-likeness (QED) is 0.389. The Morgan fingerprint density at radius 2 is 1.59 bits per heavy atom. The van der Waals surface area contributed by atoms with Crippen LogP contribution in [0.3, 0.4) is 0 Å². The average molecular weight is 314 g/mol. The number of fused-ring (bicyclic) bond motifs is 3. The normalized spacial score (nSPS) is 10.6. The average Bonchev–Trinajstić information content (AvgIpc) is 2.55. The third kappa shape index (κ3) is 2.66. The Labute approximate surface area is 157 Å². The SMILES string of the molecule is Clc1ccc(-c2cc3ccccc3c3cnccc23)cc1.[H-].[Na+]. The summed E-state index contributed by atoms with van der Waals surface area (Å²) >= 11 is 6.00. The molecule has 3 aromatic carbocycles. The van der Waals surface area contributed by atoms with Crippen molar-refractivity contribution in [2.45, 2.75) is 0 Å². The standard InChI is InChI=1S/C19H12ClN.Na.H/c20-15-7-5-13(6-8-15)18-11-14-3-1-2-4-16(14)19-12-21-10-9-17(18)19;;/h1-12H;;/q;+1;-1. The van der Waals surface area contributed by atoms with E-state index in [2.05, 4.69) is 53.5 Å². The number of nitrogens with zero attached hydrogens (tertiary/aromatic N) is 1. The molecule has 4 aromatic rings. The predicted octanol–water partition coefficient (Wildman–Crippen LogP) is 2.82. The minimum atomic E-state index is 0. The van der Waals surface area contributed by atoms with E-state index in [4.69, 9.17) is 11.6 Å². The van der Waals surface area contributed by atoms with Crippen molar-refractivity contribution in [1.82, 2.24) is 4.98 Å². The summed E-state index contributed by atoms with van der Waals surface area (Å²) in [4.78, 5) is 4.29. The van der Waals surface area contributed by atoms with Crippen LogP contribution in [0.4, 0.5) is 0 Å². The molecule has 0 radical (unpaired) electrons. The van der Waals surface area contributed by atoms with Gasteiger partial charge in [-0.2, -0.15) is 0 Å². The molecule has 1 aromatic heterocycles. The maximum absolute atomic E-state index is 6.00. The van der Waals surface area contributed by atoms with Crippen molar-refractivity contribution in [3.05, 3.63) is 78.1 Å². The van der Waals surface area contributed by atoms with E-state index < -0.39 is 0 Å². The zero-order valence-corrected chi connectivity index (χ0v) is 15.0. The zero-order valence-electron chi connectivity index (χ0n) is 13.3. The van der Waals surface area contributed by atoms with E-state index in [9.17, 15) is 0 Å². The topological polar surface area (TPSA) is 12.9 Å². The van der Waals surface area contributed by atoms with Crippen molar-refractivity contribution in [3.63, 3.8) is 0 Å². The van der Waals surface area contributed by atoms with Crippen molar-refractivity contribution >= 4 is 33.1 Å². The molecular formula is C19H13ClNNa. The zero-order chi connectivity index (χ0) is 14.2. The maximum Gasteiger partial charge on any atom is 1.00 e. The number of rotatable bonds is 1. The minimum Gasteiger partial charge on any atom is -1.00 e. The Balaban J connectivity index is 0.000000960. The molecule has 1 heterocycles. The van der Waals surface area contributed by atoms with E-state index in [-0.39, 0.29) is 31.0 Å². The molecule has 0 saturated carbocycles. The number of pyridine rings is 1. The number of hydrogen-bond acceptors (Lipinski definition) is 1. The van der Waals surface area contributed by atoms with E-state index in [0.29, 0.717) is 0 Å². The summed E-state index contributed by atoms with van der Waals surface area (Å²) in [5, 5.41) is 5.61. The van der Waals surface area contributed by atoms with E-state index >= 15 is 0 Å². The molecule has 0 amide bonds. The van der Waals surface area contributed by atoms with E-state index in [0.717, 1.165) is 5.02 Å². The molecule has 0 aliphatic heterocycles. The molecular weight excluding hydrogens is 301 g/mol. The van der Waals surface area contributed by atoms with Crippen LogP contribution in [0, 0.1) is 0 Å². The molecule has 22 heavy (non-hydrogen) atoms. The molecule has 0 N–H and O–H groups in total. The van der Waals surface area contributed by atoms with Crippen LogP contribution in [0.5, 0.6) is 0 Å². The number of hydrogen-bond donors (Lipinski definition) is 0. The molecule has 1 nitrogen and oxygen atoms in total. The first-order chi connectivity index (χ1) is 10.3. The smallest absolute Gasteiger partial charge is 1.00 e. The van der Waals surface area contributed by atoms with Gasteiger partial charge in [0.1, 0.15) is 0 Å². The molecule has 102 valence electrons. The molecule has 0 saturated heterocycles. The molecule has 0 fully saturated rings. The molecule has 0 spiro atoms. The molecule has 0 bridgehead atoms. The molecule has 0 atom stereocenters. The Bertz CT molecular complexity index is 954. The van der Waals surface area contributed by atoms with Gasteiger partial charge >= 0.3 is 29.6 Å². The van der Waals surface area contributed by atoms with Crippen LogP contribution < -0.4 is 29.6 Å². The Hall–Kier alpha value is -1.38. The van der Waals surface area contributed by atoms with Crippen LogP contribution in [-0.2, 0) is 0 Å². The van der Waals surface area contributed by atoms with E-state index in [1.54, 1.807) is 0 Å². The summed E-state index contributed by atoms with van der Waals surface area (Å²) < 4.78 is 0. The van der Waals surface area contributed by atoms with Gasteiger partial charge in [-0.3, -0.25) is 4.98 Å². The van der Waals surface area contributed by atoms with Crippen LogP contribution in [-0.4, -0.2) is 4.98 Å². The number of halogens is 1. The molecule has 0 unspecified atom stereocenters. The van der Waals surface area contributed by atoms with E-state index in [1.807, 2.05) is 24.5 Å². The molecule has 0 aliphatic carbocycles. The van der Waals surface area contributed by atoms with E-state index in [1.165, 1.54) is 32.7 Å². The summed E-state index contributed by atoms with van der Waals surface area (Å²) in [6.07, 6.45) is 3.79. The van der Waals surface area contributed by atoms with Gasteiger partial charge in [-0.15, -0.1) is 0 Å². The van der Waals surface area contributed by atoms with Gasteiger partial charge in [-0.1, -0.05) is 48.0 Å². The fraction of sp³-hybridized carbons (Fsp3) is 0. The molecule has 3 heteroatoms. The van der Waals surface area contributed by atoms with Gasteiger partial charge in [-0.05, 0) is 51.6 Å². The monoisotopic (exact) mass is 313 g/mol. The summed E-state index contributed by atoms with van der Waals surface area (Å²) in [5.74, 6) is 0. The van der Waals surface area contributed by atoms with Gasteiger partial charge in [0.2, 0.25) is 0 Å². The number of benzene rings is 3. The van der Waals surface area contributed by atoms with Gasteiger partial charge in [0.15, 0.2) is 0 Å². The largest absolute Gasteiger partial charge is 1.00 e. The Morgan fingerprint density at radius 1 is 0.818 bits per heavy atom. The Morgan fingerprint density at radius 3 is 2.41 bits per heavy atom. The summed E-state index contributed by atoms with van der Waals surface area (Å²) in [6, 6.07) is 20.7. The third-order valence-corrected chi connectivity index (χ3v) is 4.07. The fourth-order valence-corrected chi connectivity index (χ4v) is 2.94. The van der Waals surface area contributed by atoms with Crippen molar-refractivity contribution < 1.29 is 31.0 Å². The van der Waals surface area contributed by atoms with Gasteiger partial charge in [0.25, 0.3) is 0 Å². The first kappa shape index (κ1) is 15.5. The molecule has 4 rings (SSSR count). The second kappa shape index (κ2) is 6.39. The maximum atomic E-state index is 6.00. The van der Waals surface area contributed by atoms with Crippen LogP contribution in [0.1, 0.15) is 1.43 Å². The van der Waals surface area contributed by atoms with Crippen molar-refractivity contribution in [2.75, 3.05) is 0 Å². The van der Waals surface area contributed by atoms with Gasteiger partial charge < -0.3 is 1.43 Å². The molecule has 0 aliphatic rings. The van der Waals surface area contributed by atoms with Gasteiger partial charge in [-0.25, -0.2) is 0 Å². The van der Waals surface area contributed by atoms with Crippen LogP contribution >= 0.6 is 11.6 Å². The predicted molar refractivity (Wildman–Crippen MR) is 90.8 cm³/mol. The number of aromatic nitrogens is 1. The first-order valence-corrected chi connectivity index (χ1v) is 7.22. The fourth-order valence-electron chi connectivity index (χ4n) is 2.81.